The molecule has 0 saturated heterocycles. The number of halogens is 4. The first-order valence-electron chi connectivity index (χ1n) is 5.22. The van der Waals surface area contributed by atoms with Gasteiger partial charge in [0, 0.05) is 5.02 Å². The Kier molecular flexibility index (Phi) is 6.49. The van der Waals surface area contributed by atoms with Gasteiger partial charge in [-0.3, -0.25) is 0 Å². The molecule has 0 aromatic heterocycles. The highest BCUT2D eigenvalue weighted by Crippen LogP contribution is 2.33. The molecule has 0 saturated carbocycles. The van der Waals surface area contributed by atoms with E-state index in [1.807, 2.05) is 0 Å². The molecule has 0 radical (unpaired) electrons. The number of benzene rings is 1. The van der Waals surface area contributed by atoms with Gasteiger partial charge in [-0.15, -0.1) is 0 Å². The van der Waals surface area contributed by atoms with Gasteiger partial charge < -0.3 is 0 Å². The third kappa shape index (κ3) is 4.88. The fourth-order valence-electron chi connectivity index (χ4n) is 1.13. The third-order valence-corrected chi connectivity index (χ3v) is 1.99. The van der Waals surface area contributed by atoms with Crippen molar-refractivity contribution in [2.45, 2.75) is 39.8 Å². The second-order valence-corrected chi connectivity index (χ2v) is 3.80. The first-order chi connectivity index (χ1) is 7.36. The van der Waals surface area contributed by atoms with Crippen molar-refractivity contribution >= 4 is 11.6 Å². The first kappa shape index (κ1) is 15.3. The predicted molar refractivity (Wildman–Crippen MR) is 61.8 cm³/mol. The van der Waals surface area contributed by atoms with E-state index in [2.05, 4.69) is 13.8 Å². The van der Waals surface area contributed by atoms with Gasteiger partial charge in [-0.05, 0) is 30.2 Å². The molecule has 0 fully saturated rings. The second-order valence-electron chi connectivity index (χ2n) is 3.36. The summed E-state index contributed by atoms with van der Waals surface area (Å²) < 4.78 is 37.0. The Hall–Kier alpha value is -0.700. The Labute approximate surface area is 99.4 Å². The van der Waals surface area contributed by atoms with E-state index < -0.39 is 11.7 Å². The van der Waals surface area contributed by atoms with Crippen molar-refractivity contribution in [3.63, 3.8) is 0 Å². The van der Waals surface area contributed by atoms with Crippen molar-refractivity contribution in [2.24, 2.45) is 0 Å². The van der Waals surface area contributed by atoms with Crippen LogP contribution in [0.25, 0.3) is 0 Å². The quantitative estimate of drug-likeness (QED) is 0.633. The van der Waals surface area contributed by atoms with Crippen LogP contribution in [-0.2, 0) is 12.6 Å². The molecule has 0 heterocycles. The average molecular weight is 253 g/mol. The summed E-state index contributed by atoms with van der Waals surface area (Å²) in [6.07, 6.45) is -2.70. The summed E-state index contributed by atoms with van der Waals surface area (Å²) in [6, 6.07) is 3.62. The maximum absolute atomic E-state index is 12.3. The number of hydrogen-bond donors (Lipinski definition) is 0. The smallest absolute Gasteiger partial charge is 0.166 e. The van der Waals surface area contributed by atoms with Gasteiger partial charge in [0.1, 0.15) is 0 Å². The lowest BCUT2D eigenvalue weighted by Crippen LogP contribution is -2.08. The normalized spacial score (nSPS) is 10.7. The van der Waals surface area contributed by atoms with Crippen LogP contribution in [0.4, 0.5) is 13.2 Å². The third-order valence-electron chi connectivity index (χ3n) is 1.75. The number of alkyl halides is 3. The van der Waals surface area contributed by atoms with E-state index in [9.17, 15) is 13.2 Å². The molecule has 1 aromatic rings. The largest absolute Gasteiger partial charge is 0.416 e. The minimum Gasteiger partial charge on any atom is -0.166 e. The number of rotatable bonds is 1. The first-order valence-corrected chi connectivity index (χ1v) is 5.60. The maximum atomic E-state index is 12.3. The molecular weight excluding hydrogens is 237 g/mol. The predicted octanol–water partition coefficient (Wildman–Crippen LogP) is 5.34. The van der Waals surface area contributed by atoms with Crippen molar-refractivity contribution in [1.82, 2.24) is 0 Å². The second kappa shape index (κ2) is 6.79. The summed E-state index contributed by atoms with van der Waals surface area (Å²) in [5, 5.41) is 0.338. The van der Waals surface area contributed by atoms with Crippen molar-refractivity contribution < 1.29 is 13.2 Å². The summed E-state index contributed by atoms with van der Waals surface area (Å²) >= 11 is 5.58. The van der Waals surface area contributed by atoms with E-state index in [0.29, 0.717) is 11.4 Å². The number of hydrogen-bond acceptors (Lipinski definition) is 0. The molecule has 0 aliphatic heterocycles. The fourth-order valence-corrected chi connectivity index (χ4v) is 1.33. The van der Waals surface area contributed by atoms with Crippen LogP contribution < -0.4 is 0 Å². The summed E-state index contributed by atoms with van der Waals surface area (Å²) in [5.41, 5.74) is -0.362. The van der Waals surface area contributed by atoms with Crippen molar-refractivity contribution in [2.75, 3.05) is 0 Å². The molecule has 0 bridgehead atoms. The van der Waals surface area contributed by atoms with Crippen LogP contribution in [0.5, 0.6) is 0 Å². The Morgan fingerprint density at radius 2 is 1.62 bits per heavy atom. The lowest BCUT2D eigenvalue weighted by Gasteiger charge is -2.11. The van der Waals surface area contributed by atoms with Crippen molar-refractivity contribution in [3.05, 3.63) is 34.3 Å². The lowest BCUT2D eigenvalue weighted by atomic mass is 10.1. The van der Waals surface area contributed by atoms with Crippen molar-refractivity contribution in [3.8, 4) is 0 Å². The van der Waals surface area contributed by atoms with Gasteiger partial charge in [0.05, 0.1) is 5.56 Å². The molecule has 0 spiro atoms. The zero-order valence-electron chi connectivity index (χ0n) is 9.66. The highest BCUT2D eigenvalue weighted by molar-refractivity contribution is 6.30. The van der Waals surface area contributed by atoms with Crippen LogP contribution in [0, 0.1) is 0 Å². The zero-order chi connectivity index (χ0) is 12.8. The molecule has 0 nitrogen and oxygen atoms in total. The topological polar surface area (TPSA) is 0 Å². The molecule has 0 aliphatic rings. The molecular formula is C12H16ClF3. The van der Waals surface area contributed by atoms with Gasteiger partial charge >= 0.3 is 6.18 Å². The van der Waals surface area contributed by atoms with Crippen molar-refractivity contribution in [1.29, 1.82) is 0 Å². The van der Waals surface area contributed by atoms with Crippen LogP contribution in [0.1, 0.15) is 38.3 Å². The standard InChI is InChI=1S/C9H8ClF3.C3H8/c1-2-6-5-7(10)3-4-8(6)9(11,12)13;1-3-2/h3-5H,2H2,1H3;3H2,1-2H3. The Morgan fingerprint density at radius 1 is 1.12 bits per heavy atom. The summed E-state index contributed by atoms with van der Waals surface area (Å²) in [5.74, 6) is 0. The van der Waals surface area contributed by atoms with E-state index in [-0.39, 0.29) is 5.56 Å². The molecule has 1 aromatic carbocycles. The molecule has 4 heteroatoms. The van der Waals surface area contributed by atoms with E-state index in [0.717, 1.165) is 6.07 Å². The van der Waals surface area contributed by atoms with E-state index >= 15 is 0 Å². The van der Waals surface area contributed by atoms with E-state index in [1.165, 1.54) is 18.6 Å². The molecule has 0 N–H and O–H groups in total. The molecule has 0 unspecified atom stereocenters. The van der Waals surface area contributed by atoms with Gasteiger partial charge in [0.25, 0.3) is 0 Å². The highest BCUT2D eigenvalue weighted by atomic mass is 35.5. The average Bonchev–Trinajstić information content (AvgIpc) is 2.16. The van der Waals surface area contributed by atoms with Gasteiger partial charge in [0.15, 0.2) is 0 Å². The molecule has 0 amide bonds. The zero-order valence-corrected chi connectivity index (χ0v) is 10.4. The van der Waals surface area contributed by atoms with E-state index in [1.54, 1.807) is 6.92 Å². The van der Waals surface area contributed by atoms with Crippen LogP contribution in [0.2, 0.25) is 5.02 Å². The highest BCUT2D eigenvalue weighted by Gasteiger charge is 2.32. The molecule has 16 heavy (non-hydrogen) atoms. The van der Waals surface area contributed by atoms with Gasteiger partial charge in [-0.1, -0.05) is 38.8 Å². The minimum absolute atomic E-state index is 0.236. The molecule has 92 valence electrons. The number of aryl methyl sites for hydroxylation is 1. The Morgan fingerprint density at radius 3 is 2.00 bits per heavy atom. The molecule has 0 aliphatic carbocycles. The van der Waals surface area contributed by atoms with E-state index in [4.69, 9.17) is 11.6 Å². The minimum atomic E-state index is -4.28. The van der Waals surface area contributed by atoms with Gasteiger partial charge in [0.2, 0.25) is 0 Å². The molecule has 0 atom stereocenters. The maximum Gasteiger partial charge on any atom is 0.416 e. The van der Waals surface area contributed by atoms with Crippen LogP contribution >= 0.6 is 11.6 Å². The van der Waals surface area contributed by atoms with Gasteiger partial charge in [-0.2, -0.15) is 13.2 Å². The Bertz CT molecular complexity index is 319. The summed E-state index contributed by atoms with van der Waals surface area (Å²) in [6.45, 7) is 5.92. The summed E-state index contributed by atoms with van der Waals surface area (Å²) in [7, 11) is 0. The van der Waals surface area contributed by atoms with Crippen LogP contribution in [0.15, 0.2) is 18.2 Å². The lowest BCUT2D eigenvalue weighted by molar-refractivity contribution is -0.138. The van der Waals surface area contributed by atoms with Gasteiger partial charge in [-0.25, -0.2) is 0 Å². The fraction of sp³-hybridized carbons (Fsp3) is 0.500. The van der Waals surface area contributed by atoms with Crippen LogP contribution in [-0.4, -0.2) is 0 Å². The van der Waals surface area contributed by atoms with Crippen LogP contribution in [0.3, 0.4) is 0 Å². The summed E-state index contributed by atoms with van der Waals surface area (Å²) in [4.78, 5) is 0. The monoisotopic (exact) mass is 252 g/mol. The Balaban J connectivity index is 0.000000673. The molecule has 1 rings (SSSR count). The SMILES string of the molecule is CCC.CCc1cc(Cl)ccc1C(F)(F)F.